The summed E-state index contributed by atoms with van der Waals surface area (Å²) in [6, 6.07) is 2.56. The number of aryl methyl sites for hydroxylation is 1. The molecule has 0 N–H and O–H groups in total. The van der Waals surface area contributed by atoms with E-state index in [-0.39, 0.29) is 5.78 Å². The average Bonchev–Trinajstić information content (AvgIpc) is 2.82. The molecule has 88 valence electrons. The zero-order chi connectivity index (χ0) is 12.0. The normalized spacial score (nSPS) is 25.6. The van der Waals surface area contributed by atoms with Crippen molar-refractivity contribution in [2.24, 2.45) is 5.92 Å². The molecule has 3 unspecified atom stereocenters. The number of hydrogen-bond acceptors (Lipinski definition) is 1. The predicted octanol–water partition coefficient (Wildman–Crippen LogP) is 3.50. The second-order valence-electron chi connectivity index (χ2n) is 4.92. The molecule has 3 heteroatoms. The van der Waals surface area contributed by atoms with Gasteiger partial charge in [-0.1, -0.05) is 6.92 Å². The zero-order valence-electron chi connectivity index (χ0n) is 10.2. The summed E-state index contributed by atoms with van der Waals surface area (Å²) in [4.78, 5) is 11.9. The molecule has 1 aromatic heterocycles. The molecule has 2 nitrogen and oxygen atoms in total. The Kier molecular flexibility index (Phi) is 2.87. The lowest BCUT2D eigenvalue weighted by molar-refractivity contribution is 0.0991. The highest BCUT2D eigenvalue weighted by molar-refractivity contribution is 6.33. The van der Waals surface area contributed by atoms with E-state index >= 15 is 0 Å². The van der Waals surface area contributed by atoms with Crippen LogP contribution in [0.3, 0.4) is 0 Å². The highest BCUT2D eigenvalue weighted by Gasteiger charge is 2.36. The van der Waals surface area contributed by atoms with Crippen LogP contribution in [0.25, 0.3) is 0 Å². The first kappa shape index (κ1) is 11.7. The zero-order valence-corrected chi connectivity index (χ0v) is 11.0. The first-order chi connectivity index (χ1) is 7.43. The van der Waals surface area contributed by atoms with Gasteiger partial charge in [0.25, 0.3) is 0 Å². The minimum absolute atomic E-state index is 0.0364. The minimum atomic E-state index is -0.439. The summed E-state index contributed by atoms with van der Waals surface area (Å²) >= 11 is 5.86. The smallest absolute Gasteiger partial charge is 0.182 e. The number of rotatable bonds is 3. The van der Waals surface area contributed by atoms with Crippen LogP contribution < -0.4 is 0 Å². The van der Waals surface area contributed by atoms with Crippen molar-refractivity contribution in [3.05, 3.63) is 23.0 Å². The molecule has 0 spiro atoms. The number of ketones is 1. The fraction of sp³-hybridized carbons (Fsp3) is 0.615. The molecule has 3 atom stereocenters. The molecule has 0 radical (unpaired) electrons. The van der Waals surface area contributed by atoms with E-state index in [1.165, 1.54) is 12.1 Å². The van der Waals surface area contributed by atoms with E-state index in [1.807, 2.05) is 13.0 Å². The van der Waals surface area contributed by atoms with Crippen molar-refractivity contribution in [3.8, 4) is 0 Å². The van der Waals surface area contributed by atoms with Crippen LogP contribution in [0.4, 0.5) is 0 Å². The molecule has 1 aliphatic carbocycles. The first-order valence-electron chi connectivity index (χ1n) is 5.80. The Morgan fingerprint density at radius 2 is 2.12 bits per heavy atom. The lowest BCUT2D eigenvalue weighted by atomic mass is 10.1. The van der Waals surface area contributed by atoms with Gasteiger partial charge in [0.1, 0.15) is 0 Å². The topological polar surface area (TPSA) is 22.0 Å². The van der Waals surface area contributed by atoms with Gasteiger partial charge < -0.3 is 4.57 Å². The van der Waals surface area contributed by atoms with Crippen LogP contribution in [-0.2, 0) is 0 Å². The van der Waals surface area contributed by atoms with E-state index in [1.54, 1.807) is 6.92 Å². The molecule has 0 saturated heterocycles. The van der Waals surface area contributed by atoms with Crippen molar-refractivity contribution in [1.82, 2.24) is 4.57 Å². The number of alkyl halides is 1. The second-order valence-corrected chi connectivity index (χ2v) is 5.57. The maximum absolute atomic E-state index is 11.9. The van der Waals surface area contributed by atoms with Gasteiger partial charge in [0.15, 0.2) is 5.78 Å². The highest BCUT2D eigenvalue weighted by Crippen LogP contribution is 2.45. The van der Waals surface area contributed by atoms with Crippen LogP contribution in [0.5, 0.6) is 0 Å². The molecule has 1 heterocycles. The van der Waals surface area contributed by atoms with E-state index in [0.717, 1.165) is 17.2 Å². The van der Waals surface area contributed by atoms with Gasteiger partial charge in [-0.3, -0.25) is 4.79 Å². The van der Waals surface area contributed by atoms with E-state index in [0.29, 0.717) is 6.04 Å². The molecule has 1 fully saturated rings. The Balaban J connectivity index is 2.39. The number of carbonyl (C=O) groups excluding carboxylic acids is 1. The predicted molar refractivity (Wildman–Crippen MR) is 66.4 cm³/mol. The van der Waals surface area contributed by atoms with Crippen LogP contribution in [0.2, 0.25) is 0 Å². The molecule has 0 aromatic carbocycles. The van der Waals surface area contributed by atoms with E-state index in [4.69, 9.17) is 11.6 Å². The van der Waals surface area contributed by atoms with Gasteiger partial charge in [-0.25, -0.2) is 0 Å². The van der Waals surface area contributed by atoms with Crippen molar-refractivity contribution in [3.63, 3.8) is 0 Å². The summed E-state index contributed by atoms with van der Waals surface area (Å²) in [6.45, 7) is 8.06. The van der Waals surface area contributed by atoms with Gasteiger partial charge in [0.2, 0.25) is 0 Å². The van der Waals surface area contributed by atoms with Gasteiger partial charge >= 0.3 is 0 Å². The summed E-state index contributed by atoms with van der Waals surface area (Å²) < 4.78 is 2.29. The summed E-state index contributed by atoms with van der Waals surface area (Å²) in [5.74, 6) is 0.774. The van der Waals surface area contributed by atoms with E-state index in [2.05, 4.69) is 18.4 Å². The third kappa shape index (κ3) is 1.80. The molecule has 0 aliphatic heterocycles. The Hall–Kier alpha value is -0.760. The van der Waals surface area contributed by atoms with Crippen molar-refractivity contribution < 1.29 is 4.79 Å². The maximum atomic E-state index is 11.9. The lowest BCUT2D eigenvalue weighted by Crippen LogP contribution is -2.12. The molecular formula is C13H18ClNO. The second kappa shape index (κ2) is 3.92. The Bertz CT molecular complexity index is 433. The molecule has 2 rings (SSSR count). The van der Waals surface area contributed by atoms with Crippen molar-refractivity contribution in [2.75, 3.05) is 0 Å². The fourth-order valence-electron chi connectivity index (χ4n) is 2.41. The number of carbonyl (C=O) groups is 1. The van der Waals surface area contributed by atoms with E-state index < -0.39 is 5.38 Å². The SMILES string of the molecule is Cc1cc(C(=O)C(C)Cl)c(C)n1C1CC1C. The summed E-state index contributed by atoms with van der Waals surface area (Å²) in [7, 11) is 0. The minimum Gasteiger partial charge on any atom is -0.345 e. The Morgan fingerprint density at radius 1 is 1.56 bits per heavy atom. The molecule has 1 aromatic rings. The maximum Gasteiger partial charge on any atom is 0.182 e. The quantitative estimate of drug-likeness (QED) is 0.585. The first-order valence-corrected chi connectivity index (χ1v) is 6.23. The van der Waals surface area contributed by atoms with Crippen molar-refractivity contribution in [1.29, 1.82) is 0 Å². The van der Waals surface area contributed by atoms with Crippen molar-refractivity contribution in [2.45, 2.75) is 45.5 Å². The van der Waals surface area contributed by atoms with Crippen LogP contribution >= 0.6 is 11.6 Å². The monoisotopic (exact) mass is 239 g/mol. The van der Waals surface area contributed by atoms with Crippen LogP contribution in [0.1, 0.15) is 48.1 Å². The highest BCUT2D eigenvalue weighted by atomic mass is 35.5. The molecule has 0 amide bonds. The van der Waals surface area contributed by atoms with Gasteiger partial charge in [-0.2, -0.15) is 0 Å². The largest absolute Gasteiger partial charge is 0.345 e. The number of nitrogens with zero attached hydrogens (tertiary/aromatic N) is 1. The van der Waals surface area contributed by atoms with Crippen LogP contribution in [-0.4, -0.2) is 15.7 Å². The van der Waals surface area contributed by atoms with Gasteiger partial charge in [0, 0.05) is 23.0 Å². The number of Topliss-reactive ketones (excluding diaryl/α,β-unsaturated/α-hetero) is 1. The Morgan fingerprint density at radius 3 is 2.56 bits per heavy atom. The third-order valence-corrected chi connectivity index (χ3v) is 3.71. The summed E-state index contributed by atoms with van der Waals surface area (Å²) in [5, 5.41) is -0.439. The molecular weight excluding hydrogens is 222 g/mol. The Labute approximate surface area is 102 Å². The van der Waals surface area contributed by atoms with Gasteiger partial charge in [-0.15, -0.1) is 11.6 Å². The molecule has 1 saturated carbocycles. The van der Waals surface area contributed by atoms with Crippen LogP contribution in [0, 0.1) is 19.8 Å². The standard InChI is InChI=1S/C13H18ClNO/c1-7-5-12(7)15-8(2)6-11(10(15)4)13(16)9(3)14/h6-7,9,12H,5H2,1-4H3. The van der Waals surface area contributed by atoms with Crippen molar-refractivity contribution >= 4 is 17.4 Å². The molecule has 0 bridgehead atoms. The number of aromatic nitrogens is 1. The van der Waals surface area contributed by atoms with Crippen LogP contribution in [0.15, 0.2) is 6.07 Å². The summed E-state index contributed by atoms with van der Waals surface area (Å²) in [6.07, 6.45) is 1.22. The number of hydrogen-bond donors (Lipinski definition) is 0. The third-order valence-electron chi connectivity index (χ3n) is 3.51. The number of halogens is 1. The molecule has 16 heavy (non-hydrogen) atoms. The van der Waals surface area contributed by atoms with Gasteiger partial charge in [0.05, 0.1) is 5.38 Å². The average molecular weight is 240 g/mol. The fourth-order valence-corrected chi connectivity index (χ4v) is 2.53. The summed E-state index contributed by atoms with van der Waals surface area (Å²) in [5.41, 5.74) is 3.04. The van der Waals surface area contributed by atoms with E-state index in [9.17, 15) is 4.79 Å². The van der Waals surface area contributed by atoms with Gasteiger partial charge in [-0.05, 0) is 39.2 Å². The lowest BCUT2D eigenvalue weighted by Gasteiger charge is -2.08. The molecule has 1 aliphatic rings.